The number of nitrogens with zero attached hydrogens (tertiary/aromatic N) is 1. The number of halogens is 1. The van der Waals surface area contributed by atoms with E-state index in [2.05, 4.69) is 0 Å². The van der Waals surface area contributed by atoms with Gasteiger partial charge in [0.15, 0.2) is 0 Å². The summed E-state index contributed by atoms with van der Waals surface area (Å²) >= 11 is 5.77. The first kappa shape index (κ1) is 14.7. The molecule has 0 spiro atoms. The summed E-state index contributed by atoms with van der Waals surface area (Å²) in [6.45, 7) is 0. The highest BCUT2D eigenvalue weighted by molar-refractivity contribution is 7.92. The van der Waals surface area contributed by atoms with Crippen molar-refractivity contribution in [1.82, 2.24) is 0 Å². The van der Waals surface area contributed by atoms with E-state index in [1.54, 1.807) is 43.5 Å². The second-order valence-electron chi connectivity index (χ2n) is 4.12. The number of methoxy groups -OCH3 is 1. The predicted octanol–water partition coefficient (Wildman–Crippen LogP) is 3.17. The number of benzene rings is 2. The number of hydrogen-bond acceptors (Lipinski definition) is 3. The summed E-state index contributed by atoms with van der Waals surface area (Å²) in [6, 6.07) is 12.9. The van der Waals surface area contributed by atoms with Crippen LogP contribution >= 0.6 is 11.6 Å². The lowest BCUT2D eigenvalue weighted by atomic mass is 10.3. The van der Waals surface area contributed by atoms with Gasteiger partial charge in [0, 0.05) is 12.1 Å². The Hall–Kier alpha value is -1.72. The van der Waals surface area contributed by atoms with Crippen molar-refractivity contribution < 1.29 is 13.2 Å². The maximum absolute atomic E-state index is 12.4. The predicted molar refractivity (Wildman–Crippen MR) is 80.0 cm³/mol. The summed E-state index contributed by atoms with van der Waals surface area (Å²) in [6.07, 6.45) is 0. The molecule has 0 amide bonds. The van der Waals surface area contributed by atoms with Crippen LogP contribution in [0.5, 0.6) is 5.75 Å². The number of anilines is 1. The van der Waals surface area contributed by atoms with Crippen molar-refractivity contribution in [2.75, 3.05) is 18.5 Å². The molecule has 0 aromatic heterocycles. The van der Waals surface area contributed by atoms with Gasteiger partial charge in [-0.05, 0) is 48.5 Å². The van der Waals surface area contributed by atoms with E-state index in [1.165, 1.54) is 23.5 Å². The molecule has 6 heteroatoms. The zero-order valence-corrected chi connectivity index (χ0v) is 12.6. The van der Waals surface area contributed by atoms with Crippen LogP contribution < -0.4 is 9.04 Å². The molecule has 0 N–H and O–H groups in total. The van der Waals surface area contributed by atoms with Gasteiger partial charge in [-0.3, -0.25) is 4.31 Å². The fourth-order valence-electron chi connectivity index (χ4n) is 1.70. The molecule has 0 atom stereocenters. The molecule has 0 aliphatic carbocycles. The van der Waals surface area contributed by atoms with Crippen LogP contribution in [0.25, 0.3) is 0 Å². The molecule has 0 unspecified atom stereocenters. The smallest absolute Gasteiger partial charge is 0.264 e. The van der Waals surface area contributed by atoms with Gasteiger partial charge < -0.3 is 4.74 Å². The van der Waals surface area contributed by atoms with E-state index in [0.717, 1.165) is 0 Å². The molecule has 4 nitrogen and oxygen atoms in total. The Morgan fingerprint density at radius 3 is 2.05 bits per heavy atom. The van der Waals surface area contributed by atoms with E-state index in [1.807, 2.05) is 0 Å². The summed E-state index contributed by atoms with van der Waals surface area (Å²) < 4.78 is 31.2. The average Bonchev–Trinajstić information content (AvgIpc) is 2.47. The highest BCUT2D eigenvalue weighted by atomic mass is 35.5. The van der Waals surface area contributed by atoms with Crippen LogP contribution in [0.3, 0.4) is 0 Å². The minimum absolute atomic E-state index is 0.195. The fraction of sp³-hybridized carbons (Fsp3) is 0.143. The lowest BCUT2D eigenvalue weighted by Gasteiger charge is -2.19. The van der Waals surface area contributed by atoms with E-state index in [0.29, 0.717) is 16.5 Å². The highest BCUT2D eigenvalue weighted by Gasteiger charge is 2.21. The highest BCUT2D eigenvalue weighted by Crippen LogP contribution is 2.24. The van der Waals surface area contributed by atoms with Crippen LogP contribution in [0, 0.1) is 0 Å². The minimum atomic E-state index is -3.59. The van der Waals surface area contributed by atoms with Crippen LogP contribution in [0.4, 0.5) is 5.69 Å². The van der Waals surface area contributed by atoms with Crippen LogP contribution in [-0.4, -0.2) is 22.6 Å². The molecule has 0 aliphatic rings. The number of rotatable bonds is 4. The molecule has 0 saturated carbocycles. The van der Waals surface area contributed by atoms with Crippen molar-refractivity contribution >= 4 is 27.3 Å². The van der Waals surface area contributed by atoms with Gasteiger partial charge in [0.25, 0.3) is 10.0 Å². The van der Waals surface area contributed by atoms with Gasteiger partial charge in [-0.1, -0.05) is 11.6 Å². The molecular weight excluding hydrogens is 298 g/mol. The van der Waals surface area contributed by atoms with Crippen molar-refractivity contribution in [3.8, 4) is 5.75 Å². The van der Waals surface area contributed by atoms with Crippen molar-refractivity contribution in [3.05, 3.63) is 53.6 Å². The average molecular weight is 312 g/mol. The summed E-state index contributed by atoms with van der Waals surface area (Å²) in [5, 5.41) is 0.496. The van der Waals surface area contributed by atoms with Gasteiger partial charge in [-0.15, -0.1) is 0 Å². The van der Waals surface area contributed by atoms with Crippen molar-refractivity contribution in [2.45, 2.75) is 4.90 Å². The van der Waals surface area contributed by atoms with Gasteiger partial charge in [0.1, 0.15) is 5.75 Å². The first-order valence-electron chi connectivity index (χ1n) is 5.83. The summed E-state index contributed by atoms with van der Waals surface area (Å²) in [5.74, 6) is 0.672. The Morgan fingerprint density at radius 1 is 1.00 bits per heavy atom. The van der Waals surface area contributed by atoms with Gasteiger partial charge in [0.05, 0.1) is 17.7 Å². The van der Waals surface area contributed by atoms with E-state index in [9.17, 15) is 8.42 Å². The van der Waals surface area contributed by atoms with Gasteiger partial charge in [0.2, 0.25) is 0 Å². The summed E-state index contributed by atoms with van der Waals surface area (Å²) in [7, 11) is -0.530. The molecular formula is C14H14ClNO3S. The third-order valence-corrected chi connectivity index (χ3v) is 4.96. The van der Waals surface area contributed by atoms with Crippen LogP contribution in [-0.2, 0) is 10.0 Å². The van der Waals surface area contributed by atoms with Gasteiger partial charge in [-0.25, -0.2) is 8.42 Å². The second-order valence-corrected chi connectivity index (χ2v) is 6.53. The molecule has 0 fully saturated rings. The largest absolute Gasteiger partial charge is 0.497 e. The second kappa shape index (κ2) is 5.73. The normalized spacial score (nSPS) is 11.2. The van der Waals surface area contributed by atoms with Crippen LogP contribution in [0.1, 0.15) is 0 Å². The molecule has 20 heavy (non-hydrogen) atoms. The third-order valence-electron chi connectivity index (χ3n) is 2.91. The molecule has 2 rings (SSSR count). The van der Waals surface area contributed by atoms with E-state index >= 15 is 0 Å². The maximum atomic E-state index is 12.4. The minimum Gasteiger partial charge on any atom is -0.497 e. The maximum Gasteiger partial charge on any atom is 0.264 e. The monoisotopic (exact) mass is 311 g/mol. The molecule has 0 saturated heterocycles. The molecule has 106 valence electrons. The Balaban J connectivity index is 2.35. The fourth-order valence-corrected chi connectivity index (χ4v) is 3.02. The van der Waals surface area contributed by atoms with Crippen molar-refractivity contribution in [1.29, 1.82) is 0 Å². The quantitative estimate of drug-likeness (QED) is 0.871. The molecule has 2 aromatic rings. The van der Waals surface area contributed by atoms with E-state index < -0.39 is 10.0 Å². The first-order chi connectivity index (χ1) is 9.45. The molecule has 0 aliphatic heterocycles. The number of hydrogen-bond donors (Lipinski definition) is 0. The molecule has 0 heterocycles. The van der Waals surface area contributed by atoms with Crippen molar-refractivity contribution in [2.24, 2.45) is 0 Å². The van der Waals surface area contributed by atoms with Crippen LogP contribution in [0.2, 0.25) is 5.02 Å². The van der Waals surface area contributed by atoms with Crippen molar-refractivity contribution in [3.63, 3.8) is 0 Å². The summed E-state index contributed by atoms with van der Waals surface area (Å²) in [5.41, 5.74) is 0.556. The molecule has 0 bridgehead atoms. The van der Waals surface area contributed by atoms with Gasteiger partial charge in [-0.2, -0.15) is 0 Å². The van der Waals surface area contributed by atoms with Gasteiger partial charge >= 0.3 is 0 Å². The topological polar surface area (TPSA) is 46.6 Å². The Bertz CT molecular complexity index is 681. The van der Waals surface area contributed by atoms with E-state index in [-0.39, 0.29) is 4.90 Å². The standard InChI is InChI=1S/C14H14ClNO3S/c1-16(12-5-7-13(19-2)8-6-12)20(17,18)14-9-3-11(15)4-10-14/h3-10H,1-2H3. The lowest BCUT2D eigenvalue weighted by molar-refractivity contribution is 0.415. The zero-order chi connectivity index (χ0) is 14.8. The molecule has 2 aromatic carbocycles. The third kappa shape index (κ3) is 2.89. The Labute approximate surface area is 123 Å². The molecule has 0 radical (unpaired) electrons. The Morgan fingerprint density at radius 2 is 1.55 bits per heavy atom. The van der Waals surface area contributed by atoms with Crippen LogP contribution in [0.15, 0.2) is 53.4 Å². The Kier molecular flexibility index (Phi) is 4.20. The van der Waals surface area contributed by atoms with E-state index in [4.69, 9.17) is 16.3 Å². The number of sulfonamides is 1. The summed E-state index contributed by atoms with van der Waals surface area (Å²) in [4.78, 5) is 0.195. The lowest BCUT2D eigenvalue weighted by Crippen LogP contribution is -2.26. The SMILES string of the molecule is COc1ccc(N(C)S(=O)(=O)c2ccc(Cl)cc2)cc1. The first-order valence-corrected chi connectivity index (χ1v) is 7.65. The number of ether oxygens (including phenoxy) is 1. The zero-order valence-electron chi connectivity index (χ0n) is 11.1.